The quantitative estimate of drug-likeness (QED) is 0.736. The third-order valence-corrected chi connectivity index (χ3v) is 4.78. The molecule has 1 aliphatic heterocycles. The van der Waals surface area contributed by atoms with Gasteiger partial charge in [0.15, 0.2) is 0 Å². The van der Waals surface area contributed by atoms with Crippen molar-refractivity contribution < 1.29 is 9.53 Å². The highest BCUT2D eigenvalue weighted by Gasteiger charge is 2.17. The second-order valence-electron chi connectivity index (χ2n) is 6.49. The van der Waals surface area contributed by atoms with Crippen LogP contribution in [0.4, 0.5) is 0 Å². The molecule has 25 heavy (non-hydrogen) atoms. The average molecular weight is 335 g/mol. The Morgan fingerprint density at radius 3 is 2.88 bits per heavy atom. The number of benzene rings is 2. The number of carbonyl (C=O) groups is 1. The fourth-order valence-corrected chi connectivity index (χ4v) is 3.34. The van der Waals surface area contributed by atoms with Crippen molar-refractivity contribution in [2.24, 2.45) is 7.05 Å². The maximum Gasteiger partial charge on any atom is 0.220 e. The molecular formula is C20H21N3O2. The Morgan fingerprint density at radius 2 is 2.08 bits per heavy atom. The summed E-state index contributed by atoms with van der Waals surface area (Å²) in [4.78, 5) is 18.7. The van der Waals surface area contributed by atoms with Crippen molar-refractivity contribution in [3.05, 3.63) is 59.4 Å². The molecule has 2 aromatic carbocycles. The van der Waals surface area contributed by atoms with Crippen LogP contribution in [0.25, 0.3) is 11.0 Å². The van der Waals surface area contributed by atoms with Gasteiger partial charge in [0, 0.05) is 26.9 Å². The number of aromatic nitrogens is 2. The van der Waals surface area contributed by atoms with E-state index in [-0.39, 0.29) is 5.91 Å². The first-order chi connectivity index (χ1) is 12.1. The van der Waals surface area contributed by atoms with Gasteiger partial charge in [0.2, 0.25) is 5.91 Å². The van der Waals surface area contributed by atoms with Crippen molar-refractivity contribution in [3.63, 3.8) is 0 Å². The summed E-state index contributed by atoms with van der Waals surface area (Å²) >= 11 is 0. The van der Waals surface area contributed by atoms with Gasteiger partial charge in [-0.3, -0.25) is 4.79 Å². The molecule has 4 rings (SSSR count). The Kier molecular flexibility index (Phi) is 3.92. The highest BCUT2D eigenvalue weighted by Crippen LogP contribution is 2.26. The summed E-state index contributed by atoms with van der Waals surface area (Å²) in [5.41, 5.74) is 4.39. The van der Waals surface area contributed by atoms with E-state index in [0.29, 0.717) is 13.1 Å². The minimum absolute atomic E-state index is 0.0452. The number of rotatable bonds is 4. The Labute approximate surface area is 146 Å². The summed E-state index contributed by atoms with van der Waals surface area (Å²) in [5.74, 6) is 1.90. The highest BCUT2D eigenvalue weighted by molar-refractivity contribution is 5.76. The molecule has 3 aromatic rings. The van der Waals surface area contributed by atoms with Crippen LogP contribution in [0.15, 0.2) is 42.5 Å². The Balaban J connectivity index is 1.59. The van der Waals surface area contributed by atoms with Crippen molar-refractivity contribution in [2.45, 2.75) is 26.4 Å². The third-order valence-electron chi connectivity index (χ3n) is 4.78. The van der Waals surface area contributed by atoms with E-state index in [1.165, 1.54) is 5.56 Å². The number of ether oxygens (including phenoxy) is 1. The van der Waals surface area contributed by atoms with Gasteiger partial charge in [-0.1, -0.05) is 24.3 Å². The molecular weight excluding hydrogens is 314 g/mol. The molecule has 0 atom stereocenters. The predicted molar refractivity (Wildman–Crippen MR) is 96.3 cm³/mol. The van der Waals surface area contributed by atoms with Crippen molar-refractivity contribution in [1.82, 2.24) is 14.5 Å². The number of nitrogens with zero attached hydrogens (tertiary/aromatic N) is 3. The maximum atomic E-state index is 12.2. The van der Waals surface area contributed by atoms with E-state index in [9.17, 15) is 4.79 Å². The number of fused-ring (bicyclic) bond motifs is 2. The monoisotopic (exact) mass is 335 g/mol. The summed E-state index contributed by atoms with van der Waals surface area (Å²) in [6.45, 7) is 3.42. The first-order valence-corrected chi connectivity index (χ1v) is 8.52. The molecule has 0 aliphatic carbocycles. The lowest BCUT2D eigenvalue weighted by atomic mass is 10.1. The van der Waals surface area contributed by atoms with E-state index in [0.717, 1.165) is 41.2 Å². The second kappa shape index (κ2) is 6.24. The van der Waals surface area contributed by atoms with Crippen LogP contribution >= 0.6 is 0 Å². The molecule has 0 fully saturated rings. The molecule has 0 N–H and O–H groups in total. The van der Waals surface area contributed by atoms with Gasteiger partial charge >= 0.3 is 0 Å². The first-order valence-electron chi connectivity index (χ1n) is 8.52. The maximum absolute atomic E-state index is 12.2. The first kappa shape index (κ1) is 15.7. The number of hydrogen-bond acceptors (Lipinski definition) is 3. The molecule has 5 nitrogen and oxygen atoms in total. The highest BCUT2D eigenvalue weighted by atomic mass is 16.5. The molecule has 1 aliphatic rings. The van der Waals surface area contributed by atoms with Gasteiger partial charge in [-0.2, -0.15) is 0 Å². The van der Waals surface area contributed by atoms with Crippen LogP contribution < -0.4 is 4.74 Å². The lowest BCUT2D eigenvalue weighted by Crippen LogP contribution is -2.29. The van der Waals surface area contributed by atoms with E-state index >= 15 is 0 Å². The zero-order valence-corrected chi connectivity index (χ0v) is 14.5. The molecule has 2 heterocycles. The number of carbonyl (C=O) groups excluding carboxylic acids is 1. The summed E-state index contributed by atoms with van der Waals surface area (Å²) in [6, 6.07) is 14.2. The summed E-state index contributed by atoms with van der Waals surface area (Å²) in [7, 11) is 2.00. The van der Waals surface area contributed by atoms with Crippen LogP contribution in [0.2, 0.25) is 0 Å². The van der Waals surface area contributed by atoms with Crippen LogP contribution in [0.1, 0.15) is 23.9 Å². The summed E-state index contributed by atoms with van der Waals surface area (Å²) in [5, 5.41) is 0. The number of hydrogen-bond donors (Lipinski definition) is 0. The van der Waals surface area contributed by atoms with E-state index in [4.69, 9.17) is 4.74 Å². The fourth-order valence-electron chi connectivity index (χ4n) is 3.34. The predicted octanol–water partition coefficient (Wildman–Crippen LogP) is 3.06. The second-order valence-corrected chi connectivity index (χ2v) is 6.49. The van der Waals surface area contributed by atoms with Gasteiger partial charge in [-0.15, -0.1) is 0 Å². The SMILES string of the molecule is CC(=O)N(Cc1ccc2c(c1)CCO2)Cc1nc2ccccc2n1C. The fraction of sp³-hybridized carbons (Fsp3) is 0.300. The van der Waals surface area contributed by atoms with Gasteiger partial charge in [0.1, 0.15) is 11.6 Å². The zero-order chi connectivity index (χ0) is 17.4. The van der Waals surface area contributed by atoms with Gasteiger partial charge in [-0.25, -0.2) is 4.98 Å². The van der Waals surface area contributed by atoms with Crippen molar-refractivity contribution in [3.8, 4) is 5.75 Å². The van der Waals surface area contributed by atoms with Crippen LogP contribution in [-0.4, -0.2) is 27.0 Å². The standard InChI is InChI=1S/C20H21N3O2/c1-14(24)23(12-15-7-8-19-16(11-15)9-10-25-19)13-20-21-17-5-3-4-6-18(17)22(20)2/h3-8,11H,9-10,12-13H2,1-2H3. The van der Waals surface area contributed by atoms with Crippen LogP contribution in [0, 0.1) is 0 Å². The zero-order valence-electron chi connectivity index (χ0n) is 14.5. The van der Waals surface area contributed by atoms with Crippen molar-refractivity contribution >= 4 is 16.9 Å². The number of imidazole rings is 1. The summed E-state index contributed by atoms with van der Waals surface area (Å²) in [6.07, 6.45) is 0.938. The third kappa shape index (κ3) is 2.97. The minimum Gasteiger partial charge on any atom is -0.493 e. The van der Waals surface area contributed by atoms with Gasteiger partial charge in [-0.05, 0) is 29.3 Å². The topological polar surface area (TPSA) is 47.4 Å². The number of aryl methyl sites for hydroxylation is 1. The van der Waals surface area contributed by atoms with Gasteiger partial charge in [0.05, 0.1) is 24.2 Å². The molecule has 0 spiro atoms. The molecule has 1 amide bonds. The van der Waals surface area contributed by atoms with E-state index in [1.807, 2.05) is 48.3 Å². The Morgan fingerprint density at radius 1 is 1.24 bits per heavy atom. The smallest absolute Gasteiger partial charge is 0.220 e. The number of para-hydroxylation sites is 2. The molecule has 0 bridgehead atoms. The van der Waals surface area contributed by atoms with Gasteiger partial charge < -0.3 is 14.2 Å². The van der Waals surface area contributed by atoms with Gasteiger partial charge in [0.25, 0.3) is 0 Å². The van der Waals surface area contributed by atoms with E-state index in [2.05, 4.69) is 15.6 Å². The van der Waals surface area contributed by atoms with Crippen LogP contribution in [0.3, 0.4) is 0 Å². The molecule has 0 radical (unpaired) electrons. The Hall–Kier alpha value is -2.82. The lowest BCUT2D eigenvalue weighted by molar-refractivity contribution is -0.130. The lowest BCUT2D eigenvalue weighted by Gasteiger charge is -2.21. The minimum atomic E-state index is 0.0452. The van der Waals surface area contributed by atoms with E-state index < -0.39 is 0 Å². The molecule has 0 unspecified atom stereocenters. The molecule has 0 saturated carbocycles. The molecule has 1 aromatic heterocycles. The largest absolute Gasteiger partial charge is 0.493 e. The molecule has 128 valence electrons. The van der Waals surface area contributed by atoms with E-state index in [1.54, 1.807) is 6.92 Å². The van der Waals surface area contributed by atoms with Crippen molar-refractivity contribution in [2.75, 3.05) is 6.61 Å². The average Bonchev–Trinajstić information content (AvgIpc) is 3.19. The molecule has 5 heteroatoms. The normalized spacial score (nSPS) is 12.9. The Bertz CT molecular complexity index is 945. The molecule has 0 saturated heterocycles. The number of amides is 1. The van der Waals surface area contributed by atoms with Crippen molar-refractivity contribution in [1.29, 1.82) is 0 Å². The van der Waals surface area contributed by atoms with Crippen LogP contribution in [0.5, 0.6) is 5.75 Å². The summed E-state index contributed by atoms with van der Waals surface area (Å²) < 4.78 is 7.61. The van der Waals surface area contributed by atoms with Crippen LogP contribution in [-0.2, 0) is 31.4 Å².